The lowest BCUT2D eigenvalue weighted by Gasteiger charge is -2.12. The molecule has 130 valence electrons. The molecule has 0 bridgehead atoms. The second-order valence-corrected chi connectivity index (χ2v) is 5.62. The lowest BCUT2D eigenvalue weighted by atomic mass is 10.2. The fourth-order valence-electron chi connectivity index (χ4n) is 1.81. The minimum absolute atomic E-state index is 0.0566. The molecule has 10 heteroatoms. The van der Waals surface area contributed by atoms with Gasteiger partial charge in [-0.05, 0) is 36.0 Å². The van der Waals surface area contributed by atoms with Crippen molar-refractivity contribution < 1.29 is 14.1 Å². The number of hydrazine groups is 1. The molecule has 0 aliphatic carbocycles. The number of rotatable bonds is 4. The molecule has 0 saturated heterocycles. The van der Waals surface area contributed by atoms with E-state index in [0.29, 0.717) is 6.54 Å². The number of halogens is 2. The van der Waals surface area contributed by atoms with Crippen molar-refractivity contribution in [2.24, 2.45) is 0 Å². The molecule has 2 aromatic carbocycles. The third-order valence-corrected chi connectivity index (χ3v) is 3.62. The van der Waals surface area contributed by atoms with Gasteiger partial charge in [-0.3, -0.25) is 25.8 Å². The highest BCUT2D eigenvalue weighted by molar-refractivity contribution is 7.80. The number of nitro groups is 1. The normalized spacial score (nSPS) is 10.0. The number of hydrogen-bond acceptors (Lipinski definition) is 4. The number of carbonyl (C=O) groups excluding carboxylic acids is 1. The van der Waals surface area contributed by atoms with Crippen molar-refractivity contribution in [2.45, 2.75) is 6.54 Å². The van der Waals surface area contributed by atoms with Crippen molar-refractivity contribution in [3.63, 3.8) is 0 Å². The van der Waals surface area contributed by atoms with Gasteiger partial charge in [0, 0.05) is 18.7 Å². The van der Waals surface area contributed by atoms with E-state index in [1.54, 1.807) is 12.1 Å². The van der Waals surface area contributed by atoms with Crippen LogP contribution in [-0.4, -0.2) is 15.9 Å². The Morgan fingerprint density at radius 1 is 1.20 bits per heavy atom. The molecule has 0 radical (unpaired) electrons. The van der Waals surface area contributed by atoms with Crippen LogP contribution in [0.25, 0.3) is 0 Å². The molecule has 7 nitrogen and oxygen atoms in total. The first kappa shape index (κ1) is 18.6. The number of carbonyl (C=O) groups is 1. The molecule has 3 N–H and O–H groups in total. The molecular weight excluding hydrogens is 371 g/mol. The van der Waals surface area contributed by atoms with Crippen molar-refractivity contribution in [3.8, 4) is 0 Å². The molecule has 0 heterocycles. The predicted octanol–water partition coefficient (Wildman–Crippen LogP) is 2.70. The maximum Gasteiger partial charge on any atom is 0.271 e. The van der Waals surface area contributed by atoms with Crippen molar-refractivity contribution >= 4 is 40.5 Å². The van der Waals surface area contributed by atoms with Gasteiger partial charge in [0.1, 0.15) is 5.82 Å². The van der Waals surface area contributed by atoms with Crippen LogP contribution in [0, 0.1) is 15.9 Å². The van der Waals surface area contributed by atoms with Crippen molar-refractivity contribution in [1.29, 1.82) is 0 Å². The summed E-state index contributed by atoms with van der Waals surface area (Å²) in [5, 5.41) is 13.5. The molecule has 0 aliphatic heterocycles. The van der Waals surface area contributed by atoms with Gasteiger partial charge >= 0.3 is 0 Å². The van der Waals surface area contributed by atoms with E-state index in [-0.39, 0.29) is 27.2 Å². The number of nitrogens with one attached hydrogen (secondary N) is 3. The van der Waals surface area contributed by atoms with Crippen molar-refractivity contribution in [3.05, 3.63) is 74.5 Å². The molecular formula is C15H12ClFN4O3S. The summed E-state index contributed by atoms with van der Waals surface area (Å²) in [4.78, 5) is 22.0. The lowest BCUT2D eigenvalue weighted by molar-refractivity contribution is -0.384. The Hall–Kier alpha value is -2.78. The quantitative estimate of drug-likeness (QED) is 0.427. The molecule has 2 rings (SSSR count). The third-order valence-electron chi connectivity index (χ3n) is 3.06. The zero-order valence-corrected chi connectivity index (χ0v) is 14.2. The van der Waals surface area contributed by atoms with Crippen LogP contribution in [0.4, 0.5) is 10.1 Å². The molecule has 0 spiro atoms. The van der Waals surface area contributed by atoms with Gasteiger partial charge in [-0.25, -0.2) is 4.39 Å². The van der Waals surface area contributed by atoms with Gasteiger partial charge in [-0.2, -0.15) is 0 Å². The van der Waals surface area contributed by atoms with E-state index >= 15 is 0 Å². The summed E-state index contributed by atoms with van der Waals surface area (Å²) in [6.45, 7) is 0.334. The number of non-ortho nitro benzene ring substituents is 1. The average molecular weight is 383 g/mol. The Labute approximate surface area is 152 Å². The smallest absolute Gasteiger partial charge is 0.271 e. The number of nitro benzene ring substituents is 1. The molecule has 0 fully saturated rings. The first-order valence-corrected chi connectivity index (χ1v) is 7.68. The fraction of sp³-hybridized carbons (Fsp3) is 0.0667. The average Bonchev–Trinajstić information content (AvgIpc) is 2.59. The van der Waals surface area contributed by atoms with E-state index in [9.17, 15) is 19.3 Å². The molecule has 25 heavy (non-hydrogen) atoms. The van der Waals surface area contributed by atoms with E-state index in [1.807, 2.05) is 0 Å². The number of nitrogens with zero attached hydrogens (tertiary/aromatic N) is 1. The minimum Gasteiger partial charge on any atom is -0.357 e. The SMILES string of the molecule is O=C(NNC(=S)NCc1ccc(F)cc1)c1ccc([N+](=O)[O-])cc1Cl. The number of amides is 1. The van der Waals surface area contributed by atoms with Crippen LogP contribution < -0.4 is 16.2 Å². The van der Waals surface area contributed by atoms with Crippen LogP contribution in [0.3, 0.4) is 0 Å². The summed E-state index contributed by atoms with van der Waals surface area (Å²) in [6.07, 6.45) is 0. The van der Waals surface area contributed by atoms with Crippen molar-refractivity contribution in [2.75, 3.05) is 0 Å². The maximum absolute atomic E-state index is 12.8. The van der Waals surface area contributed by atoms with Gasteiger partial charge in [0.25, 0.3) is 11.6 Å². The maximum atomic E-state index is 12.8. The van der Waals surface area contributed by atoms with Crippen LogP contribution in [0.15, 0.2) is 42.5 Å². The standard InChI is InChI=1S/C15H12ClFN4O3S/c16-13-7-11(21(23)24)5-6-12(13)14(22)19-20-15(25)18-8-9-1-3-10(17)4-2-9/h1-7H,8H2,(H,19,22)(H2,18,20,25). The number of hydrogen-bond donors (Lipinski definition) is 3. The van der Waals surface area contributed by atoms with Gasteiger partial charge in [-0.15, -0.1) is 0 Å². The van der Waals surface area contributed by atoms with Gasteiger partial charge in [0.05, 0.1) is 15.5 Å². The van der Waals surface area contributed by atoms with Gasteiger partial charge < -0.3 is 5.32 Å². The molecule has 0 aliphatic rings. The topological polar surface area (TPSA) is 96.3 Å². The third kappa shape index (κ3) is 5.37. The van der Waals surface area contributed by atoms with Gasteiger partial charge in [0.2, 0.25) is 0 Å². The van der Waals surface area contributed by atoms with Crippen LogP contribution in [0.5, 0.6) is 0 Å². The Bertz CT molecular complexity index is 817. The van der Waals surface area contributed by atoms with Crippen LogP contribution in [0.2, 0.25) is 5.02 Å². The summed E-state index contributed by atoms with van der Waals surface area (Å²) < 4.78 is 12.8. The van der Waals surface area contributed by atoms with E-state index in [1.165, 1.54) is 24.3 Å². The highest BCUT2D eigenvalue weighted by Crippen LogP contribution is 2.22. The van der Waals surface area contributed by atoms with E-state index < -0.39 is 10.8 Å². The van der Waals surface area contributed by atoms with Gasteiger partial charge in [0.15, 0.2) is 5.11 Å². The van der Waals surface area contributed by atoms with Crippen LogP contribution >= 0.6 is 23.8 Å². The Balaban J connectivity index is 1.85. The first-order valence-electron chi connectivity index (χ1n) is 6.89. The highest BCUT2D eigenvalue weighted by atomic mass is 35.5. The summed E-state index contributed by atoms with van der Waals surface area (Å²) in [7, 11) is 0. The Morgan fingerprint density at radius 2 is 1.88 bits per heavy atom. The summed E-state index contributed by atoms with van der Waals surface area (Å²) in [5.74, 6) is -0.942. The largest absolute Gasteiger partial charge is 0.357 e. The van der Waals surface area contributed by atoms with Gasteiger partial charge in [-0.1, -0.05) is 23.7 Å². The zero-order chi connectivity index (χ0) is 18.4. The summed E-state index contributed by atoms with van der Waals surface area (Å²) in [6, 6.07) is 9.35. The number of benzene rings is 2. The Kier molecular flexibility index (Phi) is 6.20. The first-order chi connectivity index (χ1) is 11.9. The second-order valence-electron chi connectivity index (χ2n) is 4.81. The molecule has 0 saturated carbocycles. The zero-order valence-electron chi connectivity index (χ0n) is 12.6. The fourth-order valence-corrected chi connectivity index (χ4v) is 2.20. The van der Waals surface area contributed by atoms with E-state index in [2.05, 4.69) is 16.2 Å². The summed E-state index contributed by atoms with van der Waals surface area (Å²) >= 11 is 10.9. The van der Waals surface area contributed by atoms with Crippen LogP contribution in [0.1, 0.15) is 15.9 Å². The molecule has 1 amide bonds. The minimum atomic E-state index is -0.611. The van der Waals surface area contributed by atoms with E-state index in [4.69, 9.17) is 23.8 Å². The molecule has 0 aromatic heterocycles. The summed E-state index contributed by atoms with van der Waals surface area (Å²) in [5.41, 5.74) is 5.45. The molecule has 2 aromatic rings. The van der Waals surface area contributed by atoms with Crippen molar-refractivity contribution in [1.82, 2.24) is 16.2 Å². The number of thiocarbonyl (C=S) groups is 1. The monoisotopic (exact) mass is 382 g/mol. The van der Waals surface area contributed by atoms with Crippen LogP contribution in [-0.2, 0) is 6.54 Å². The molecule has 0 unspecified atom stereocenters. The van der Waals surface area contributed by atoms with E-state index in [0.717, 1.165) is 11.6 Å². The highest BCUT2D eigenvalue weighted by Gasteiger charge is 2.14. The Morgan fingerprint density at radius 3 is 2.48 bits per heavy atom. The second kappa shape index (κ2) is 8.36. The molecule has 0 atom stereocenters. The lowest BCUT2D eigenvalue weighted by Crippen LogP contribution is -2.46. The predicted molar refractivity (Wildman–Crippen MR) is 94.5 cm³/mol.